The van der Waals surface area contributed by atoms with Gasteiger partial charge in [-0.25, -0.2) is 8.78 Å². The molecule has 1 atom stereocenters. The van der Waals surface area contributed by atoms with Crippen molar-refractivity contribution < 1.29 is 8.78 Å². The summed E-state index contributed by atoms with van der Waals surface area (Å²) in [5, 5.41) is 0. The molecule has 18 heavy (non-hydrogen) atoms. The molecule has 1 aromatic rings. The van der Waals surface area contributed by atoms with Crippen LogP contribution in [0.4, 0.5) is 8.78 Å². The number of hydrogen-bond donors (Lipinski definition) is 1. The molecule has 0 bridgehead atoms. The quantitative estimate of drug-likeness (QED) is 0.840. The van der Waals surface area contributed by atoms with Crippen LogP contribution in [0.1, 0.15) is 51.1 Å². The van der Waals surface area contributed by atoms with Gasteiger partial charge in [-0.05, 0) is 43.1 Å². The van der Waals surface area contributed by atoms with Gasteiger partial charge in [0.25, 0.3) is 0 Å². The molecule has 0 aliphatic heterocycles. The fourth-order valence-corrected chi connectivity index (χ4v) is 2.81. The van der Waals surface area contributed by atoms with E-state index in [-0.39, 0.29) is 5.92 Å². The van der Waals surface area contributed by atoms with E-state index in [1.54, 1.807) is 6.07 Å². The van der Waals surface area contributed by atoms with Crippen LogP contribution in [-0.4, -0.2) is 0 Å². The Morgan fingerprint density at radius 1 is 1.22 bits per heavy atom. The Morgan fingerprint density at radius 3 is 2.44 bits per heavy atom. The number of hydrogen-bond acceptors (Lipinski definition) is 1. The van der Waals surface area contributed by atoms with Gasteiger partial charge in [0.15, 0.2) is 11.6 Å². The number of rotatable bonds is 2. The lowest BCUT2D eigenvalue weighted by Gasteiger charge is -2.37. The SMILES string of the molecule is CC1(C)CCC(C(N)c2cccc(F)c2F)CC1. The third kappa shape index (κ3) is 2.72. The topological polar surface area (TPSA) is 26.0 Å². The van der Waals surface area contributed by atoms with Gasteiger partial charge in [-0.2, -0.15) is 0 Å². The van der Waals surface area contributed by atoms with Gasteiger partial charge >= 0.3 is 0 Å². The fourth-order valence-electron chi connectivity index (χ4n) is 2.81. The van der Waals surface area contributed by atoms with Crippen LogP contribution in [0.25, 0.3) is 0 Å². The lowest BCUT2D eigenvalue weighted by atomic mass is 9.70. The van der Waals surface area contributed by atoms with Crippen molar-refractivity contribution in [3.05, 3.63) is 35.4 Å². The summed E-state index contributed by atoms with van der Waals surface area (Å²) in [5.41, 5.74) is 6.80. The fraction of sp³-hybridized carbons (Fsp3) is 0.600. The molecule has 0 radical (unpaired) electrons. The number of nitrogens with two attached hydrogens (primary N) is 1. The average molecular weight is 253 g/mol. The van der Waals surface area contributed by atoms with Crippen molar-refractivity contribution in [2.45, 2.75) is 45.6 Å². The normalized spacial score (nSPS) is 21.8. The molecule has 0 saturated heterocycles. The third-order valence-corrected chi connectivity index (χ3v) is 4.23. The zero-order valence-electron chi connectivity index (χ0n) is 11.0. The van der Waals surface area contributed by atoms with Gasteiger partial charge in [-0.15, -0.1) is 0 Å². The van der Waals surface area contributed by atoms with E-state index in [0.29, 0.717) is 11.0 Å². The van der Waals surface area contributed by atoms with Crippen molar-refractivity contribution in [2.24, 2.45) is 17.1 Å². The largest absolute Gasteiger partial charge is 0.324 e. The molecule has 1 aliphatic rings. The Balaban J connectivity index is 2.12. The molecule has 0 aromatic heterocycles. The zero-order chi connectivity index (χ0) is 13.3. The molecule has 1 aromatic carbocycles. The van der Waals surface area contributed by atoms with E-state index in [0.717, 1.165) is 31.7 Å². The van der Waals surface area contributed by atoms with Crippen molar-refractivity contribution in [2.75, 3.05) is 0 Å². The van der Waals surface area contributed by atoms with Gasteiger partial charge in [-0.3, -0.25) is 0 Å². The summed E-state index contributed by atoms with van der Waals surface area (Å²) in [6.45, 7) is 4.50. The van der Waals surface area contributed by atoms with E-state index in [2.05, 4.69) is 13.8 Å². The van der Waals surface area contributed by atoms with Gasteiger partial charge in [0.05, 0.1) is 0 Å². The molecule has 1 unspecified atom stereocenters. The molecule has 3 heteroatoms. The predicted octanol–water partition coefficient (Wildman–Crippen LogP) is 4.18. The van der Waals surface area contributed by atoms with Crippen LogP contribution in [0.15, 0.2) is 18.2 Å². The highest BCUT2D eigenvalue weighted by atomic mass is 19.2. The van der Waals surface area contributed by atoms with Crippen LogP contribution in [0.5, 0.6) is 0 Å². The Hall–Kier alpha value is -0.960. The van der Waals surface area contributed by atoms with Crippen molar-refractivity contribution in [1.29, 1.82) is 0 Å². The standard InChI is InChI=1S/C15H21F2N/c1-15(2)8-6-10(7-9-15)14(18)11-4-3-5-12(16)13(11)17/h3-5,10,14H,6-9,18H2,1-2H3. The minimum absolute atomic E-state index is 0.259. The molecule has 0 heterocycles. The Labute approximate surface area is 107 Å². The van der Waals surface area contributed by atoms with Crippen LogP contribution in [-0.2, 0) is 0 Å². The van der Waals surface area contributed by atoms with Crippen molar-refractivity contribution >= 4 is 0 Å². The minimum atomic E-state index is -0.806. The Morgan fingerprint density at radius 2 is 1.83 bits per heavy atom. The van der Waals surface area contributed by atoms with Crippen LogP contribution < -0.4 is 5.73 Å². The monoisotopic (exact) mass is 253 g/mol. The predicted molar refractivity (Wildman–Crippen MR) is 69.0 cm³/mol. The first-order valence-electron chi connectivity index (χ1n) is 6.60. The molecular formula is C15H21F2N. The number of benzene rings is 1. The molecule has 0 spiro atoms. The molecule has 1 fully saturated rings. The van der Waals surface area contributed by atoms with Crippen LogP contribution in [0.3, 0.4) is 0 Å². The minimum Gasteiger partial charge on any atom is -0.324 e. The second-order valence-electron chi connectivity index (χ2n) is 6.17. The summed E-state index contributed by atoms with van der Waals surface area (Å²) >= 11 is 0. The van der Waals surface area contributed by atoms with Gasteiger partial charge in [0.1, 0.15) is 0 Å². The van der Waals surface area contributed by atoms with E-state index in [1.807, 2.05) is 0 Å². The highest BCUT2D eigenvalue weighted by Crippen LogP contribution is 2.42. The van der Waals surface area contributed by atoms with E-state index >= 15 is 0 Å². The van der Waals surface area contributed by atoms with Gasteiger partial charge in [0, 0.05) is 11.6 Å². The highest BCUT2D eigenvalue weighted by Gasteiger charge is 2.31. The average Bonchev–Trinajstić information content (AvgIpc) is 2.32. The van der Waals surface area contributed by atoms with E-state index < -0.39 is 17.7 Å². The molecule has 1 nitrogen and oxygen atoms in total. The van der Waals surface area contributed by atoms with E-state index in [1.165, 1.54) is 6.07 Å². The first-order chi connectivity index (χ1) is 8.41. The van der Waals surface area contributed by atoms with Gasteiger partial charge in [0.2, 0.25) is 0 Å². The van der Waals surface area contributed by atoms with Gasteiger partial charge in [-0.1, -0.05) is 26.0 Å². The summed E-state index contributed by atoms with van der Waals surface area (Å²) in [6.07, 6.45) is 4.18. The van der Waals surface area contributed by atoms with Crippen LogP contribution in [0, 0.1) is 23.0 Å². The highest BCUT2D eigenvalue weighted by molar-refractivity contribution is 5.23. The molecule has 2 N–H and O–H groups in total. The lowest BCUT2D eigenvalue weighted by Crippen LogP contribution is -2.29. The maximum Gasteiger partial charge on any atom is 0.163 e. The molecule has 1 saturated carbocycles. The third-order valence-electron chi connectivity index (χ3n) is 4.23. The molecule has 0 amide bonds. The van der Waals surface area contributed by atoms with E-state index in [9.17, 15) is 8.78 Å². The number of halogens is 2. The Kier molecular flexibility index (Phi) is 3.71. The zero-order valence-corrected chi connectivity index (χ0v) is 11.0. The lowest BCUT2D eigenvalue weighted by molar-refractivity contribution is 0.172. The molecule has 2 rings (SSSR count). The molecule has 100 valence electrons. The summed E-state index contributed by atoms with van der Waals surface area (Å²) in [5.74, 6) is -1.33. The first-order valence-corrected chi connectivity index (χ1v) is 6.60. The first kappa shape index (κ1) is 13.5. The Bertz CT molecular complexity index is 419. The van der Waals surface area contributed by atoms with Crippen molar-refractivity contribution in [3.63, 3.8) is 0 Å². The maximum atomic E-state index is 13.7. The molecule has 1 aliphatic carbocycles. The van der Waals surface area contributed by atoms with Crippen LogP contribution >= 0.6 is 0 Å². The summed E-state index contributed by atoms with van der Waals surface area (Å²) < 4.78 is 26.9. The maximum absolute atomic E-state index is 13.7. The second-order valence-corrected chi connectivity index (χ2v) is 6.17. The van der Waals surface area contributed by atoms with Crippen LogP contribution in [0.2, 0.25) is 0 Å². The summed E-state index contributed by atoms with van der Waals surface area (Å²) in [4.78, 5) is 0. The second kappa shape index (κ2) is 4.96. The van der Waals surface area contributed by atoms with Crippen molar-refractivity contribution in [1.82, 2.24) is 0 Å². The van der Waals surface area contributed by atoms with Gasteiger partial charge < -0.3 is 5.73 Å². The summed E-state index contributed by atoms with van der Waals surface area (Å²) in [7, 11) is 0. The summed E-state index contributed by atoms with van der Waals surface area (Å²) in [6, 6.07) is 3.87. The smallest absolute Gasteiger partial charge is 0.163 e. The van der Waals surface area contributed by atoms with E-state index in [4.69, 9.17) is 5.73 Å². The molecular weight excluding hydrogens is 232 g/mol. The van der Waals surface area contributed by atoms with Crippen molar-refractivity contribution in [3.8, 4) is 0 Å².